The maximum absolute atomic E-state index is 12.1. The zero-order valence-corrected chi connectivity index (χ0v) is 13.5. The van der Waals surface area contributed by atoms with E-state index >= 15 is 0 Å². The van der Waals surface area contributed by atoms with E-state index in [1.165, 1.54) is 11.1 Å². The van der Waals surface area contributed by atoms with Crippen LogP contribution in [0.2, 0.25) is 0 Å². The summed E-state index contributed by atoms with van der Waals surface area (Å²) >= 11 is 3.53. The molecular weight excluding hydrogens is 330 g/mol. The highest BCUT2D eigenvalue weighted by molar-refractivity contribution is 9.10. The fourth-order valence-electron chi connectivity index (χ4n) is 2.67. The first-order valence-electron chi connectivity index (χ1n) is 7.17. The summed E-state index contributed by atoms with van der Waals surface area (Å²) in [6, 6.07) is 6.18. The number of carbonyl (C=O) groups excluding carboxylic acids is 1. The molecule has 0 bridgehead atoms. The fraction of sp³-hybridized carbons (Fsp3) is 0.375. The number of H-pyrrole nitrogens is 1. The highest BCUT2D eigenvalue weighted by Gasteiger charge is 2.44. The predicted octanol–water partition coefficient (Wildman–Crippen LogP) is 2.94. The highest BCUT2D eigenvalue weighted by Crippen LogP contribution is 2.46. The maximum atomic E-state index is 12.1. The molecule has 0 spiro atoms. The summed E-state index contributed by atoms with van der Waals surface area (Å²) in [4.78, 5) is 19.2. The van der Waals surface area contributed by atoms with Crippen molar-refractivity contribution in [3.63, 3.8) is 0 Å². The standard InChI is InChI=1S/C16H18BrN3O/c1-10-11(3-2-4-14(10)17)5-6-19-16(21)13-7-12(13)15-8-18-9-20-15/h2-4,8-9,12-13H,5-7H2,1H3,(H,18,20)(H,19,21)/t12-,13-/m1/s1. The molecule has 3 rings (SSSR count). The van der Waals surface area contributed by atoms with Gasteiger partial charge in [0.2, 0.25) is 5.91 Å². The summed E-state index contributed by atoms with van der Waals surface area (Å²) in [6.07, 6.45) is 5.25. The fourth-order valence-corrected chi connectivity index (χ4v) is 3.08. The Morgan fingerprint density at radius 2 is 2.38 bits per heavy atom. The number of aromatic nitrogens is 2. The number of hydrogen-bond donors (Lipinski definition) is 2. The number of nitrogens with one attached hydrogen (secondary N) is 2. The average Bonchev–Trinajstić information content (AvgIpc) is 3.09. The van der Waals surface area contributed by atoms with Crippen molar-refractivity contribution in [2.75, 3.05) is 6.54 Å². The molecule has 1 aromatic heterocycles. The molecule has 2 N–H and O–H groups in total. The van der Waals surface area contributed by atoms with Gasteiger partial charge in [-0.2, -0.15) is 0 Å². The van der Waals surface area contributed by atoms with Gasteiger partial charge in [0.05, 0.1) is 6.33 Å². The zero-order valence-electron chi connectivity index (χ0n) is 11.9. The normalized spacial score (nSPS) is 20.3. The van der Waals surface area contributed by atoms with Crippen LogP contribution >= 0.6 is 15.9 Å². The lowest BCUT2D eigenvalue weighted by molar-refractivity contribution is -0.122. The molecule has 5 heteroatoms. The SMILES string of the molecule is Cc1c(Br)cccc1CCNC(=O)[C@@H]1C[C@H]1c1cnc[nH]1. The monoisotopic (exact) mass is 347 g/mol. The van der Waals surface area contributed by atoms with Gasteiger partial charge in [-0.1, -0.05) is 28.1 Å². The minimum Gasteiger partial charge on any atom is -0.356 e. The maximum Gasteiger partial charge on any atom is 0.223 e. The smallest absolute Gasteiger partial charge is 0.223 e. The van der Waals surface area contributed by atoms with E-state index in [4.69, 9.17) is 0 Å². The molecule has 110 valence electrons. The molecule has 2 aromatic rings. The van der Waals surface area contributed by atoms with Crippen LogP contribution in [0.1, 0.15) is 29.2 Å². The van der Waals surface area contributed by atoms with Crippen LogP contribution in [0, 0.1) is 12.8 Å². The summed E-state index contributed by atoms with van der Waals surface area (Å²) in [7, 11) is 0. The number of aromatic amines is 1. The van der Waals surface area contributed by atoms with Gasteiger partial charge in [0, 0.05) is 34.7 Å². The van der Waals surface area contributed by atoms with Crippen molar-refractivity contribution in [2.24, 2.45) is 5.92 Å². The summed E-state index contributed by atoms with van der Waals surface area (Å²) < 4.78 is 1.12. The quantitative estimate of drug-likeness (QED) is 0.873. The number of amides is 1. The number of halogens is 1. The topological polar surface area (TPSA) is 57.8 Å². The highest BCUT2D eigenvalue weighted by atomic mass is 79.9. The van der Waals surface area contributed by atoms with Gasteiger partial charge in [-0.25, -0.2) is 4.98 Å². The van der Waals surface area contributed by atoms with E-state index in [1.54, 1.807) is 6.33 Å². The van der Waals surface area contributed by atoms with E-state index in [9.17, 15) is 4.79 Å². The molecule has 1 heterocycles. The van der Waals surface area contributed by atoms with Crippen LogP contribution in [0.25, 0.3) is 0 Å². The number of nitrogens with zero attached hydrogens (tertiary/aromatic N) is 1. The molecular formula is C16H18BrN3O. The largest absolute Gasteiger partial charge is 0.356 e. The molecule has 0 saturated heterocycles. The van der Waals surface area contributed by atoms with Crippen LogP contribution in [-0.4, -0.2) is 22.4 Å². The van der Waals surface area contributed by atoms with Crippen LogP contribution in [0.5, 0.6) is 0 Å². The molecule has 2 atom stereocenters. The van der Waals surface area contributed by atoms with E-state index in [0.29, 0.717) is 12.5 Å². The molecule has 4 nitrogen and oxygen atoms in total. The third kappa shape index (κ3) is 3.18. The number of imidazole rings is 1. The third-order valence-electron chi connectivity index (χ3n) is 4.12. The number of carbonyl (C=O) groups is 1. The summed E-state index contributed by atoms with van der Waals surface area (Å²) in [5.41, 5.74) is 3.58. The minimum absolute atomic E-state index is 0.106. The van der Waals surface area contributed by atoms with Crippen LogP contribution in [0.15, 0.2) is 35.2 Å². The Morgan fingerprint density at radius 1 is 1.52 bits per heavy atom. The zero-order chi connectivity index (χ0) is 14.8. The van der Waals surface area contributed by atoms with Gasteiger partial charge in [0.25, 0.3) is 0 Å². The summed E-state index contributed by atoms with van der Waals surface area (Å²) in [5.74, 6) is 0.580. The number of hydrogen-bond acceptors (Lipinski definition) is 2. The van der Waals surface area contributed by atoms with Crippen molar-refractivity contribution < 1.29 is 4.79 Å². The summed E-state index contributed by atoms with van der Waals surface area (Å²) in [5, 5.41) is 3.04. The van der Waals surface area contributed by atoms with Crippen molar-refractivity contribution in [1.82, 2.24) is 15.3 Å². The molecule has 0 radical (unpaired) electrons. The van der Waals surface area contributed by atoms with Crippen LogP contribution in [0.4, 0.5) is 0 Å². The van der Waals surface area contributed by atoms with Gasteiger partial charge in [-0.3, -0.25) is 4.79 Å². The first kappa shape index (κ1) is 14.3. The third-order valence-corrected chi connectivity index (χ3v) is 4.98. The van der Waals surface area contributed by atoms with E-state index in [1.807, 2.05) is 18.3 Å². The first-order chi connectivity index (χ1) is 10.2. The average molecular weight is 348 g/mol. The second-order valence-electron chi connectivity index (χ2n) is 5.52. The second kappa shape index (κ2) is 6.02. The van der Waals surface area contributed by atoms with Crippen molar-refractivity contribution in [2.45, 2.75) is 25.7 Å². The lowest BCUT2D eigenvalue weighted by Gasteiger charge is -2.08. The predicted molar refractivity (Wildman–Crippen MR) is 85.0 cm³/mol. The Labute approximate surface area is 132 Å². The second-order valence-corrected chi connectivity index (χ2v) is 6.37. The van der Waals surface area contributed by atoms with Crippen molar-refractivity contribution in [3.05, 3.63) is 52.0 Å². The first-order valence-corrected chi connectivity index (χ1v) is 7.96. The molecule has 1 aliphatic rings. The van der Waals surface area contributed by atoms with E-state index < -0.39 is 0 Å². The van der Waals surface area contributed by atoms with Crippen molar-refractivity contribution in [1.29, 1.82) is 0 Å². The van der Waals surface area contributed by atoms with E-state index in [2.05, 4.69) is 44.2 Å². The van der Waals surface area contributed by atoms with Crippen LogP contribution in [0.3, 0.4) is 0 Å². The Bertz CT molecular complexity index is 639. The molecule has 1 saturated carbocycles. The van der Waals surface area contributed by atoms with Gasteiger partial charge in [0.15, 0.2) is 0 Å². The van der Waals surface area contributed by atoms with Gasteiger partial charge < -0.3 is 10.3 Å². The van der Waals surface area contributed by atoms with Crippen LogP contribution in [-0.2, 0) is 11.2 Å². The van der Waals surface area contributed by atoms with Gasteiger partial charge in [-0.15, -0.1) is 0 Å². The molecule has 0 unspecified atom stereocenters. The lowest BCUT2D eigenvalue weighted by Crippen LogP contribution is -2.27. The summed E-state index contributed by atoms with van der Waals surface area (Å²) in [6.45, 7) is 2.78. The van der Waals surface area contributed by atoms with E-state index in [0.717, 1.165) is 23.0 Å². The molecule has 21 heavy (non-hydrogen) atoms. The Hall–Kier alpha value is -1.62. The van der Waals surface area contributed by atoms with Gasteiger partial charge in [-0.05, 0) is 37.0 Å². The van der Waals surface area contributed by atoms with Crippen LogP contribution < -0.4 is 5.32 Å². The molecule has 0 aliphatic heterocycles. The number of benzene rings is 1. The molecule has 1 aliphatic carbocycles. The van der Waals surface area contributed by atoms with Gasteiger partial charge in [0.1, 0.15) is 0 Å². The van der Waals surface area contributed by atoms with Gasteiger partial charge >= 0.3 is 0 Å². The van der Waals surface area contributed by atoms with Crippen molar-refractivity contribution >= 4 is 21.8 Å². The number of rotatable bonds is 5. The Kier molecular flexibility index (Phi) is 4.10. The lowest BCUT2D eigenvalue weighted by atomic mass is 10.1. The molecule has 1 fully saturated rings. The van der Waals surface area contributed by atoms with E-state index in [-0.39, 0.29) is 11.8 Å². The molecule has 1 amide bonds. The molecule has 1 aromatic carbocycles. The van der Waals surface area contributed by atoms with Crippen molar-refractivity contribution in [3.8, 4) is 0 Å². The Morgan fingerprint density at radius 3 is 3.14 bits per heavy atom. The minimum atomic E-state index is 0.106. The Balaban J connectivity index is 1.48.